The van der Waals surface area contributed by atoms with Crippen molar-refractivity contribution < 1.29 is 19.1 Å². The van der Waals surface area contributed by atoms with Gasteiger partial charge in [-0.15, -0.1) is 0 Å². The van der Waals surface area contributed by atoms with Crippen LogP contribution in [0.25, 0.3) is 0 Å². The van der Waals surface area contributed by atoms with Crippen molar-refractivity contribution in [3.63, 3.8) is 0 Å². The summed E-state index contributed by atoms with van der Waals surface area (Å²) in [4.78, 5) is 23.9. The Labute approximate surface area is 167 Å². The van der Waals surface area contributed by atoms with Crippen LogP contribution in [0.2, 0.25) is 5.02 Å². The topological polar surface area (TPSA) is 100 Å². The molecule has 0 heterocycles. The Balaban J connectivity index is 2.05. The lowest BCUT2D eigenvalue weighted by molar-refractivity contribution is -0.112. The van der Waals surface area contributed by atoms with Crippen LogP contribution in [0.4, 0.5) is 11.4 Å². The summed E-state index contributed by atoms with van der Waals surface area (Å²) in [5, 5.41) is 15.1. The molecule has 0 fully saturated rings. The van der Waals surface area contributed by atoms with Gasteiger partial charge in [0.15, 0.2) is 0 Å². The zero-order valence-electron chi connectivity index (χ0n) is 15.3. The summed E-state index contributed by atoms with van der Waals surface area (Å²) in [5.41, 5.74) is 1.26. The molecule has 0 aliphatic rings. The minimum atomic E-state index is -0.599. The summed E-state index contributed by atoms with van der Waals surface area (Å²) in [6.07, 6.45) is 1.28. The molecule has 0 spiro atoms. The number of methoxy groups -OCH3 is 1. The first-order valence-electron chi connectivity index (χ1n) is 8.27. The Morgan fingerprint density at radius 2 is 1.86 bits per heavy atom. The molecule has 8 heteroatoms. The van der Waals surface area contributed by atoms with Gasteiger partial charge in [-0.05, 0) is 49.4 Å². The molecule has 0 bridgehead atoms. The molecule has 28 heavy (non-hydrogen) atoms. The van der Waals surface area contributed by atoms with E-state index in [4.69, 9.17) is 21.1 Å². The van der Waals surface area contributed by atoms with Gasteiger partial charge in [0.1, 0.15) is 17.4 Å². The van der Waals surface area contributed by atoms with Crippen LogP contribution in [-0.2, 0) is 9.53 Å². The maximum absolute atomic E-state index is 12.3. The van der Waals surface area contributed by atoms with E-state index in [1.807, 2.05) is 6.07 Å². The van der Waals surface area contributed by atoms with E-state index in [0.717, 1.165) is 0 Å². The number of carbonyl (C=O) groups excluding carboxylic acids is 2. The lowest BCUT2D eigenvalue weighted by atomic mass is 10.2. The number of rotatable bonds is 7. The number of esters is 1. The molecule has 2 aromatic rings. The monoisotopic (exact) mass is 399 g/mol. The second-order valence-corrected chi connectivity index (χ2v) is 5.82. The standard InChI is InChI=1S/C20H18ClN3O4/c1-3-28-20(26)13-4-6-15(7-5-13)24-19(25)14(11-22)12-23-16-8-9-18(27-2)17(21)10-16/h4-10,12,23H,3H2,1-2H3,(H,24,25)/b14-12-. The van der Waals surface area contributed by atoms with Gasteiger partial charge in [0.05, 0.1) is 24.3 Å². The quantitative estimate of drug-likeness (QED) is 0.415. The molecule has 2 N–H and O–H groups in total. The normalized spacial score (nSPS) is 10.6. The second-order valence-electron chi connectivity index (χ2n) is 5.42. The Kier molecular flexibility index (Phi) is 7.43. The fourth-order valence-corrected chi connectivity index (χ4v) is 2.42. The van der Waals surface area contributed by atoms with Gasteiger partial charge in [-0.1, -0.05) is 11.6 Å². The number of nitrogens with zero attached hydrogens (tertiary/aromatic N) is 1. The maximum atomic E-state index is 12.3. The fourth-order valence-electron chi connectivity index (χ4n) is 2.16. The Hall–Kier alpha value is -3.50. The lowest BCUT2D eigenvalue weighted by Crippen LogP contribution is -2.14. The van der Waals surface area contributed by atoms with E-state index in [0.29, 0.717) is 27.7 Å². The van der Waals surface area contributed by atoms with E-state index in [2.05, 4.69) is 10.6 Å². The van der Waals surface area contributed by atoms with E-state index >= 15 is 0 Å². The SMILES string of the molecule is CCOC(=O)c1ccc(NC(=O)/C(C#N)=C\Nc2ccc(OC)c(Cl)c2)cc1. The van der Waals surface area contributed by atoms with Crippen molar-refractivity contribution in [3.8, 4) is 11.8 Å². The maximum Gasteiger partial charge on any atom is 0.338 e. The van der Waals surface area contributed by atoms with Gasteiger partial charge in [0, 0.05) is 17.6 Å². The molecule has 0 aliphatic heterocycles. The van der Waals surface area contributed by atoms with E-state index < -0.39 is 11.9 Å². The summed E-state index contributed by atoms with van der Waals surface area (Å²) in [6.45, 7) is 2.00. The molecule has 0 aliphatic carbocycles. The third kappa shape index (κ3) is 5.50. The number of hydrogen-bond donors (Lipinski definition) is 2. The van der Waals surface area contributed by atoms with Crippen LogP contribution in [0.1, 0.15) is 17.3 Å². The van der Waals surface area contributed by atoms with Gasteiger partial charge in [-0.2, -0.15) is 5.26 Å². The van der Waals surface area contributed by atoms with Gasteiger partial charge >= 0.3 is 5.97 Å². The number of ether oxygens (including phenoxy) is 2. The van der Waals surface area contributed by atoms with E-state index in [1.165, 1.54) is 25.4 Å². The van der Waals surface area contributed by atoms with Crippen LogP contribution in [0, 0.1) is 11.3 Å². The van der Waals surface area contributed by atoms with Crippen molar-refractivity contribution in [2.75, 3.05) is 24.4 Å². The highest BCUT2D eigenvalue weighted by atomic mass is 35.5. The molecule has 2 aromatic carbocycles. The third-order valence-corrected chi connectivity index (χ3v) is 3.85. The summed E-state index contributed by atoms with van der Waals surface area (Å²) in [6, 6.07) is 13.0. The molecular formula is C20H18ClN3O4. The highest BCUT2D eigenvalue weighted by Gasteiger charge is 2.11. The van der Waals surface area contributed by atoms with Crippen LogP contribution in [0.15, 0.2) is 54.2 Å². The van der Waals surface area contributed by atoms with Crippen molar-refractivity contribution in [3.05, 3.63) is 64.8 Å². The number of halogens is 1. The molecule has 0 saturated carbocycles. The number of nitriles is 1. The first-order valence-corrected chi connectivity index (χ1v) is 8.65. The van der Waals surface area contributed by atoms with E-state index in [-0.39, 0.29) is 12.2 Å². The summed E-state index contributed by atoms with van der Waals surface area (Å²) < 4.78 is 9.96. The molecule has 144 valence electrons. The Morgan fingerprint density at radius 1 is 1.18 bits per heavy atom. The minimum Gasteiger partial charge on any atom is -0.495 e. The molecule has 0 aromatic heterocycles. The van der Waals surface area contributed by atoms with Crippen molar-refractivity contribution in [1.29, 1.82) is 5.26 Å². The average Bonchev–Trinajstić information content (AvgIpc) is 2.69. The van der Waals surface area contributed by atoms with Gasteiger partial charge in [-0.25, -0.2) is 4.79 Å². The van der Waals surface area contributed by atoms with Crippen LogP contribution >= 0.6 is 11.6 Å². The molecule has 2 rings (SSSR count). The second kappa shape index (κ2) is 10.00. The Bertz CT molecular complexity index is 933. The van der Waals surface area contributed by atoms with Crippen molar-refractivity contribution in [2.24, 2.45) is 0 Å². The number of nitrogens with one attached hydrogen (secondary N) is 2. The van der Waals surface area contributed by atoms with E-state index in [9.17, 15) is 14.9 Å². The van der Waals surface area contributed by atoms with Gasteiger partial charge in [0.25, 0.3) is 5.91 Å². The lowest BCUT2D eigenvalue weighted by Gasteiger charge is -2.08. The average molecular weight is 400 g/mol. The molecule has 0 unspecified atom stereocenters. The highest BCUT2D eigenvalue weighted by molar-refractivity contribution is 6.32. The molecule has 0 saturated heterocycles. The molecule has 0 radical (unpaired) electrons. The third-order valence-electron chi connectivity index (χ3n) is 3.55. The van der Waals surface area contributed by atoms with Crippen LogP contribution < -0.4 is 15.4 Å². The number of anilines is 2. The molecular weight excluding hydrogens is 382 g/mol. The van der Waals surface area contributed by atoms with Crippen molar-refractivity contribution in [2.45, 2.75) is 6.92 Å². The number of hydrogen-bond acceptors (Lipinski definition) is 6. The van der Waals surface area contributed by atoms with Crippen molar-refractivity contribution >= 4 is 34.9 Å². The first-order chi connectivity index (χ1) is 13.5. The first kappa shape index (κ1) is 20.8. The van der Waals surface area contributed by atoms with Gasteiger partial charge < -0.3 is 20.1 Å². The van der Waals surface area contributed by atoms with Crippen molar-refractivity contribution in [1.82, 2.24) is 0 Å². The highest BCUT2D eigenvalue weighted by Crippen LogP contribution is 2.27. The zero-order valence-corrected chi connectivity index (χ0v) is 16.0. The predicted octanol–water partition coefficient (Wildman–Crippen LogP) is 3.98. The molecule has 0 atom stereocenters. The van der Waals surface area contributed by atoms with Crippen LogP contribution in [0.3, 0.4) is 0 Å². The zero-order chi connectivity index (χ0) is 20.5. The van der Waals surface area contributed by atoms with Gasteiger partial charge in [-0.3, -0.25) is 4.79 Å². The minimum absolute atomic E-state index is 0.138. The molecule has 7 nitrogen and oxygen atoms in total. The van der Waals surface area contributed by atoms with Crippen LogP contribution in [-0.4, -0.2) is 25.6 Å². The smallest absolute Gasteiger partial charge is 0.338 e. The largest absolute Gasteiger partial charge is 0.495 e. The predicted molar refractivity (Wildman–Crippen MR) is 106 cm³/mol. The molecule has 1 amide bonds. The fraction of sp³-hybridized carbons (Fsp3) is 0.150. The Morgan fingerprint density at radius 3 is 2.43 bits per heavy atom. The number of amides is 1. The van der Waals surface area contributed by atoms with Gasteiger partial charge in [0.2, 0.25) is 0 Å². The summed E-state index contributed by atoms with van der Waals surface area (Å²) in [7, 11) is 1.51. The number of carbonyl (C=O) groups is 2. The number of benzene rings is 2. The summed E-state index contributed by atoms with van der Waals surface area (Å²) >= 11 is 6.04. The van der Waals surface area contributed by atoms with E-state index in [1.54, 1.807) is 37.3 Å². The van der Waals surface area contributed by atoms with Crippen LogP contribution in [0.5, 0.6) is 5.75 Å². The summed E-state index contributed by atoms with van der Waals surface area (Å²) in [5.74, 6) is -0.528.